The van der Waals surface area contributed by atoms with Gasteiger partial charge in [0.1, 0.15) is 39.8 Å². The van der Waals surface area contributed by atoms with Gasteiger partial charge >= 0.3 is 5.69 Å². The molecule has 12 nitrogen and oxygen atoms in total. The number of Topliss-reactive ketones (excluding diaryl/α,β-unsaturated/α-hetero) is 1. The number of allylic oxidation sites excluding steroid dienone is 1. The third-order valence-electron chi connectivity index (χ3n) is 8.42. The number of phenolic OH excluding ortho intramolecular Hbond substituents is 2. The zero-order valence-electron chi connectivity index (χ0n) is 23.8. The van der Waals surface area contributed by atoms with Gasteiger partial charge in [-0.1, -0.05) is 0 Å². The van der Waals surface area contributed by atoms with Crippen molar-refractivity contribution < 1.29 is 24.5 Å². The predicted molar refractivity (Wildman–Crippen MR) is 156 cm³/mol. The van der Waals surface area contributed by atoms with E-state index >= 15 is 0 Å². The van der Waals surface area contributed by atoms with Crippen molar-refractivity contribution in [3.63, 3.8) is 0 Å². The molecule has 2 aromatic carbocycles. The van der Waals surface area contributed by atoms with Crippen LogP contribution in [0.2, 0.25) is 0 Å². The number of phenols is 2. The third kappa shape index (κ3) is 3.34. The number of carbonyl (C=O) groups excluding carboxylic acids is 1. The van der Waals surface area contributed by atoms with Crippen molar-refractivity contribution in [3.05, 3.63) is 91.1 Å². The highest BCUT2D eigenvalue weighted by Gasteiger charge is 2.55. The highest BCUT2D eigenvalue weighted by molar-refractivity contribution is 6.14. The topological polar surface area (TPSA) is 162 Å². The first-order valence-electron chi connectivity index (χ1n) is 13.4. The molecule has 0 unspecified atom stereocenters. The van der Waals surface area contributed by atoms with E-state index in [9.17, 15) is 24.6 Å². The van der Waals surface area contributed by atoms with Crippen LogP contribution in [0.15, 0.2) is 51.7 Å². The number of fused-ring (bicyclic) bond motifs is 5. The first-order valence-corrected chi connectivity index (χ1v) is 13.4. The van der Waals surface area contributed by atoms with E-state index in [0.717, 1.165) is 0 Å². The Labute approximate surface area is 243 Å². The number of aryl methyl sites for hydroxylation is 2. The van der Waals surface area contributed by atoms with Crippen LogP contribution in [0.4, 0.5) is 0 Å². The third-order valence-corrected chi connectivity index (χ3v) is 8.42. The second kappa shape index (κ2) is 8.68. The Morgan fingerprint density at radius 1 is 1.00 bits per heavy atom. The lowest BCUT2D eigenvalue weighted by Crippen LogP contribution is -2.36. The molecule has 3 N–H and O–H groups in total. The van der Waals surface area contributed by atoms with Crippen molar-refractivity contribution in [3.8, 4) is 39.9 Å². The van der Waals surface area contributed by atoms with Gasteiger partial charge in [-0.3, -0.25) is 19.1 Å². The van der Waals surface area contributed by atoms with Crippen LogP contribution < -0.4 is 20.7 Å². The maximum atomic E-state index is 14.4. The Morgan fingerprint density at radius 2 is 1.72 bits per heavy atom. The molecule has 1 aliphatic heterocycles. The lowest BCUT2D eigenvalue weighted by molar-refractivity contribution is 0.0905. The average Bonchev–Trinajstić information content (AvgIpc) is 3.49. The van der Waals surface area contributed by atoms with E-state index < -0.39 is 16.7 Å². The smallest absolute Gasteiger partial charge is 0.329 e. The number of aromatic amines is 1. The SMILES string of the molecule is COc1ccc(-n2nc(C)c3c2C=C2Oc4c(-c5ccc6c(=O)[nH]c(=O)n(C)c6n5)c(O)c(C)c(O)c4[C@@]2(C)C3=O)cc1. The summed E-state index contributed by atoms with van der Waals surface area (Å²) in [5.74, 6) is 0.0260. The maximum absolute atomic E-state index is 14.4. The number of ketones is 1. The molecule has 0 radical (unpaired) electrons. The summed E-state index contributed by atoms with van der Waals surface area (Å²) in [6, 6.07) is 10.2. The van der Waals surface area contributed by atoms with Crippen molar-refractivity contribution >= 4 is 22.9 Å². The molecule has 5 aromatic rings. The number of hydrogen-bond acceptors (Lipinski definition) is 9. The largest absolute Gasteiger partial charge is 0.507 e. The fourth-order valence-electron chi connectivity index (χ4n) is 5.98. The molecule has 12 heteroatoms. The van der Waals surface area contributed by atoms with Gasteiger partial charge in [0.25, 0.3) is 5.56 Å². The summed E-state index contributed by atoms with van der Waals surface area (Å²) >= 11 is 0. The minimum Gasteiger partial charge on any atom is -0.507 e. The monoisotopic (exact) mass is 579 g/mol. The van der Waals surface area contributed by atoms with Crippen LogP contribution in [-0.4, -0.2) is 47.4 Å². The van der Waals surface area contributed by atoms with Gasteiger partial charge in [0, 0.05) is 18.7 Å². The molecule has 216 valence electrons. The highest BCUT2D eigenvalue weighted by Crippen LogP contribution is 2.60. The number of nitrogens with zero attached hydrogens (tertiary/aromatic N) is 4. The summed E-state index contributed by atoms with van der Waals surface area (Å²) in [4.78, 5) is 45.8. The van der Waals surface area contributed by atoms with Gasteiger partial charge in [0.15, 0.2) is 5.78 Å². The van der Waals surface area contributed by atoms with Crippen molar-refractivity contribution in [2.24, 2.45) is 7.05 Å². The summed E-state index contributed by atoms with van der Waals surface area (Å²) in [5, 5.41) is 27.5. The van der Waals surface area contributed by atoms with Gasteiger partial charge in [-0.25, -0.2) is 14.5 Å². The molecule has 0 fully saturated rings. The molecule has 0 bridgehead atoms. The van der Waals surface area contributed by atoms with Gasteiger partial charge in [-0.05, 0) is 57.2 Å². The molecule has 7 rings (SSSR count). The van der Waals surface area contributed by atoms with E-state index in [2.05, 4.69) is 15.1 Å². The van der Waals surface area contributed by atoms with Crippen LogP contribution in [0.5, 0.6) is 23.0 Å². The average molecular weight is 580 g/mol. The quantitative estimate of drug-likeness (QED) is 0.291. The molecule has 1 atom stereocenters. The normalized spacial score (nSPS) is 16.9. The van der Waals surface area contributed by atoms with E-state index in [1.165, 1.54) is 30.7 Å². The van der Waals surface area contributed by atoms with Crippen LogP contribution >= 0.6 is 0 Å². The van der Waals surface area contributed by atoms with Crippen LogP contribution in [-0.2, 0) is 12.5 Å². The molecular formula is C31H25N5O7. The molecule has 0 saturated carbocycles. The van der Waals surface area contributed by atoms with Crippen molar-refractivity contribution in [2.75, 3.05) is 7.11 Å². The van der Waals surface area contributed by atoms with E-state index in [0.29, 0.717) is 28.4 Å². The number of aromatic nitrogens is 5. The molecule has 0 saturated heterocycles. The Hall–Kier alpha value is -5.65. The Balaban J connectivity index is 1.47. The molecular weight excluding hydrogens is 554 g/mol. The molecule has 3 aromatic heterocycles. The zero-order valence-corrected chi connectivity index (χ0v) is 23.8. The number of ether oxygens (including phenoxy) is 2. The number of benzene rings is 2. The van der Waals surface area contributed by atoms with Gasteiger partial charge < -0.3 is 19.7 Å². The van der Waals surface area contributed by atoms with Crippen molar-refractivity contribution in [1.82, 2.24) is 24.3 Å². The molecule has 0 amide bonds. The number of carbonyl (C=O) groups is 1. The Morgan fingerprint density at radius 3 is 2.42 bits per heavy atom. The van der Waals surface area contributed by atoms with Crippen molar-refractivity contribution in [1.29, 1.82) is 0 Å². The predicted octanol–water partition coefficient (Wildman–Crippen LogP) is 3.40. The number of methoxy groups -OCH3 is 1. The number of rotatable bonds is 3. The van der Waals surface area contributed by atoms with E-state index in [1.807, 2.05) is 12.1 Å². The Bertz CT molecular complexity index is 2220. The lowest BCUT2D eigenvalue weighted by atomic mass is 9.71. The first kappa shape index (κ1) is 26.3. The fraction of sp³-hybridized carbons (Fsp3) is 0.194. The number of hydrogen-bond donors (Lipinski definition) is 3. The van der Waals surface area contributed by atoms with E-state index in [1.54, 1.807) is 43.8 Å². The molecule has 0 spiro atoms. The number of aromatic hydroxyl groups is 2. The van der Waals surface area contributed by atoms with Crippen LogP contribution in [0.25, 0.3) is 34.1 Å². The second-order valence-corrected chi connectivity index (χ2v) is 10.8. The van der Waals surface area contributed by atoms with Crippen LogP contribution in [0.1, 0.15) is 39.8 Å². The molecule has 2 aliphatic rings. The van der Waals surface area contributed by atoms with Crippen LogP contribution in [0.3, 0.4) is 0 Å². The molecule has 43 heavy (non-hydrogen) atoms. The first-order chi connectivity index (χ1) is 20.5. The number of nitrogens with one attached hydrogen (secondary N) is 1. The summed E-state index contributed by atoms with van der Waals surface area (Å²) in [6.45, 7) is 4.93. The summed E-state index contributed by atoms with van der Waals surface area (Å²) in [5.41, 5.74) is 0.0649. The van der Waals surface area contributed by atoms with E-state index in [4.69, 9.17) is 9.47 Å². The fourth-order valence-corrected chi connectivity index (χ4v) is 5.98. The minimum atomic E-state index is -1.45. The summed E-state index contributed by atoms with van der Waals surface area (Å²) in [6.07, 6.45) is 1.72. The second-order valence-electron chi connectivity index (χ2n) is 10.8. The van der Waals surface area contributed by atoms with Crippen molar-refractivity contribution in [2.45, 2.75) is 26.2 Å². The zero-order chi connectivity index (χ0) is 30.5. The molecule has 1 aliphatic carbocycles. The van der Waals surface area contributed by atoms with E-state index in [-0.39, 0.29) is 62.2 Å². The molecule has 4 heterocycles. The summed E-state index contributed by atoms with van der Waals surface area (Å²) < 4.78 is 14.4. The van der Waals surface area contributed by atoms with Crippen LogP contribution in [0, 0.1) is 13.8 Å². The Kier molecular flexibility index (Phi) is 5.30. The minimum absolute atomic E-state index is 0.0520. The lowest BCUT2D eigenvalue weighted by Gasteiger charge is -2.27. The number of pyridine rings is 1. The van der Waals surface area contributed by atoms with Gasteiger partial charge in [-0.2, -0.15) is 5.10 Å². The maximum Gasteiger partial charge on any atom is 0.329 e. The standard InChI is InChI=1S/C31H25N5O7/c1-13-24(37)22(18-11-10-17-28(32-18)35(4)30(41)33-29(17)40)26-23(25(13)38)31(3)20(43-26)12-19-21(27(31)39)14(2)34-36(19)15-6-8-16(42-5)9-7-15/h6-12,37-38H,1-5H3,(H,33,40,41)/t31-/m0/s1. The van der Waals surface area contributed by atoms with Gasteiger partial charge in [0.05, 0.1) is 52.0 Å². The number of H-pyrrole nitrogens is 1. The summed E-state index contributed by atoms with van der Waals surface area (Å²) in [7, 11) is 3.04. The van der Waals surface area contributed by atoms with Gasteiger partial charge in [-0.15, -0.1) is 0 Å². The van der Waals surface area contributed by atoms with Gasteiger partial charge in [0.2, 0.25) is 0 Å². The highest BCUT2D eigenvalue weighted by atomic mass is 16.5.